The van der Waals surface area contributed by atoms with Crippen LogP contribution in [-0.2, 0) is 16.4 Å². The lowest BCUT2D eigenvalue weighted by Crippen LogP contribution is -2.26. The van der Waals surface area contributed by atoms with E-state index < -0.39 is 10.0 Å². The largest absolute Gasteiger partial charge is 0.314 e. The van der Waals surface area contributed by atoms with Crippen LogP contribution >= 0.6 is 0 Å². The van der Waals surface area contributed by atoms with E-state index in [0.717, 1.165) is 36.0 Å². The summed E-state index contributed by atoms with van der Waals surface area (Å²) in [5, 5.41) is 4.32. The first kappa shape index (κ1) is 16.3. The van der Waals surface area contributed by atoms with Crippen molar-refractivity contribution in [1.82, 2.24) is 14.3 Å². The Morgan fingerprint density at radius 1 is 1.24 bits per heavy atom. The SMILES string of the molecule is Cc1cnc2c(c1)cc(CC1CCCN1)n2S(=O)(=O)c1ccccc1. The number of hydrogen-bond acceptors (Lipinski definition) is 4. The van der Waals surface area contributed by atoms with E-state index in [1.165, 1.54) is 3.97 Å². The van der Waals surface area contributed by atoms with E-state index in [9.17, 15) is 8.42 Å². The molecule has 5 nitrogen and oxygen atoms in total. The maximum absolute atomic E-state index is 13.3. The van der Waals surface area contributed by atoms with Gasteiger partial charge in [-0.2, -0.15) is 0 Å². The number of pyridine rings is 1. The number of aryl methyl sites for hydroxylation is 1. The van der Waals surface area contributed by atoms with Crippen molar-refractivity contribution in [1.29, 1.82) is 0 Å². The van der Waals surface area contributed by atoms with Crippen LogP contribution in [0.3, 0.4) is 0 Å². The van der Waals surface area contributed by atoms with Crippen LogP contribution in [0.25, 0.3) is 11.0 Å². The summed E-state index contributed by atoms with van der Waals surface area (Å²) in [7, 11) is -3.68. The highest BCUT2D eigenvalue weighted by atomic mass is 32.2. The maximum atomic E-state index is 13.3. The van der Waals surface area contributed by atoms with E-state index in [4.69, 9.17) is 0 Å². The Hall–Kier alpha value is -2.18. The third-order valence-electron chi connectivity index (χ3n) is 4.71. The molecule has 0 saturated carbocycles. The van der Waals surface area contributed by atoms with Crippen molar-refractivity contribution in [2.45, 2.75) is 37.1 Å². The van der Waals surface area contributed by atoms with Crippen LogP contribution in [-0.4, -0.2) is 30.0 Å². The molecule has 1 N–H and O–H groups in total. The maximum Gasteiger partial charge on any atom is 0.269 e. The van der Waals surface area contributed by atoms with Gasteiger partial charge in [-0.1, -0.05) is 18.2 Å². The lowest BCUT2D eigenvalue weighted by atomic mass is 10.1. The number of nitrogens with one attached hydrogen (secondary N) is 1. The average Bonchev–Trinajstić information content (AvgIpc) is 3.23. The second kappa shape index (κ2) is 6.28. The fraction of sp³-hybridized carbons (Fsp3) is 0.316. The molecule has 1 fully saturated rings. The molecule has 1 atom stereocenters. The van der Waals surface area contributed by atoms with Crippen molar-refractivity contribution in [3.63, 3.8) is 0 Å². The molecule has 130 valence electrons. The van der Waals surface area contributed by atoms with Crippen LogP contribution in [0.2, 0.25) is 0 Å². The lowest BCUT2D eigenvalue weighted by Gasteiger charge is -2.14. The van der Waals surface area contributed by atoms with E-state index in [1.807, 2.05) is 25.1 Å². The molecule has 0 amide bonds. The molecule has 1 unspecified atom stereocenters. The predicted octanol–water partition coefficient (Wildman–Crippen LogP) is 2.88. The normalized spacial score (nSPS) is 18.0. The predicted molar refractivity (Wildman–Crippen MR) is 98.2 cm³/mol. The molecule has 4 rings (SSSR count). The Morgan fingerprint density at radius 2 is 2.04 bits per heavy atom. The second-order valence-electron chi connectivity index (χ2n) is 6.64. The van der Waals surface area contributed by atoms with Crippen molar-refractivity contribution >= 4 is 21.1 Å². The van der Waals surface area contributed by atoms with Gasteiger partial charge < -0.3 is 5.32 Å². The molecule has 0 aliphatic carbocycles. The Kier molecular flexibility index (Phi) is 4.09. The van der Waals surface area contributed by atoms with Gasteiger partial charge in [0.25, 0.3) is 10.0 Å². The van der Waals surface area contributed by atoms with Gasteiger partial charge in [0, 0.05) is 29.7 Å². The van der Waals surface area contributed by atoms with Crippen LogP contribution < -0.4 is 5.32 Å². The van der Waals surface area contributed by atoms with E-state index in [2.05, 4.69) is 10.3 Å². The summed E-state index contributed by atoms with van der Waals surface area (Å²) in [5.74, 6) is 0. The van der Waals surface area contributed by atoms with Crippen LogP contribution in [0.4, 0.5) is 0 Å². The monoisotopic (exact) mass is 355 g/mol. The Labute approximate surface area is 147 Å². The molecule has 1 saturated heterocycles. The minimum absolute atomic E-state index is 0.288. The Bertz CT molecular complexity index is 1000. The van der Waals surface area contributed by atoms with Crippen LogP contribution in [0, 0.1) is 6.92 Å². The second-order valence-corrected chi connectivity index (χ2v) is 8.43. The zero-order chi connectivity index (χ0) is 17.4. The smallest absolute Gasteiger partial charge is 0.269 e. The number of benzene rings is 1. The van der Waals surface area contributed by atoms with Crippen molar-refractivity contribution in [2.75, 3.05) is 6.54 Å². The molecule has 0 radical (unpaired) electrons. The molecule has 0 bridgehead atoms. The van der Waals surface area contributed by atoms with Gasteiger partial charge in [0.15, 0.2) is 5.65 Å². The zero-order valence-corrected chi connectivity index (χ0v) is 15.0. The van der Waals surface area contributed by atoms with Crippen molar-refractivity contribution in [3.8, 4) is 0 Å². The van der Waals surface area contributed by atoms with Crippen LogP contribution in [0.1, 0.15) is 24.1 Å². The summed E-state index contributed by atoms with van der Waals surface area (Å²) in [6.07, 6.45) is 4.60. The van der Waals surface area contributed by atoms with Gasteiger partial charge >= 0.3 is 0 Å². The highest BCUT2D eigenvalue weighted by Gasteiger charge is 2.26. The van der Waals surface area contributed by atoms with Gasteiger partial charge in [0.05, 0.1) is 4.90 Å². The van der Waals surface area contributed by atoms with Gasteiger partial charge in [0.1, 0.15) is 0 Å². The third-order valence-corrected chi connectivity index (χ3v) is 6.46. The minimum atomic E-state index is -3.68. The summed E-state index contributed by atoms with van der Waals surface area (Å²) in [4.78, 5) is 4.72. The Balaban J connectivity index is 1.90. The van der Waals surface area contributed by atoms with Crippen molar-refractivity contribution in [3.05, 3.63) is 59.9 Å². The van der Waals surface area contributed by atoms with Gasteiger partial charge in [-0.3, -0.25) is 0 Å². The van der Waals surface area contributed by atoms with Crippen LogP contribution in [0.5, 0.6) is 0 Å². The van der Waals surface area contributed by atoms with E-state index in [0.29, 0.717) is 18.1 Å². The molecule has 0 spiro atoms. The molecule has 3 aromatic rings. The molecule has 2 aromatic heterocycles. The van der Waals surface area contributed by atoms with E-state index in [1.54, 1.807) is 30.5 Å². The quantitative estimate of drug-likeness (QED) is 0.782. The topological polar surface area (TPSA) is 64.0 Å². The average molecular weight is 355 g/mol. The molecule has 3 heterocycles. The van der Waals surface area contributed by atoms with Gasteiger partial charge in [-0.15, -0.1) is 0 Å². The lowest BCUT2D eigenvalue weighted by molar-refractivity contribution is 0.572. The van der Waals surface area contributed by atoms with Gasteiger partial charge in [0.2, 0.25) is 0 Å². The molecular weight excluding hydrogens is 334 g/mol. The fourth-order valence-corrected chi connectivity index (χ4v) is 5.05. The first-order valence-corrected chi connectivity index (χ1v) is 10.0. The van der Waals surface area contributed by atoms with Crippen molar-refractivity contribution < 1.29 is 8.42 Å². The number of fused-ring (bicyclic) bond motifs is 1. The molecule has 25 heavy (non-hydrogen) atoms. The number of nitrogens with zero attached hydrogens (tertiary/aromatic N) is 2. The van der Waals surface area contributed by atoms with E-state index >= 15 is 0 Å². The Morgan fingerprint density at radius 3 is 2.76 bits per heavy atom. The van der Waals surface area contributed by atoms with E-state index in [-0.39, 0.29) is 4.90 Å². The molecule has 6 heteroatoms. The summed E-state index contributed by atoms with van der Waals surface area (Å²) < 4.78 is 28.0. The van der Waals surface area contributed by atoms with Crippen LogP contribution in [0.15, 0.2) is 53.6 Å². The molecular formula is C19H21N3O2S. The summed E-state index contributed by atoms with van der Waals surface area (Å²) in [6.45, 7) is 2.96. The molecule has 1 aromatic carbocycles. The summed E-state index contributed by atoms with van der Waals surface area (Å²) in [5.41, 5.74) is 2.31. The molecule has 1 aliphatic heterocycles. The zero-order valence-electron chi connectivity index (χ0n) is 14.1. The molecule has 1 aliphatic rings. The van der Waals surface area contributed by atoms with Gasteiger partial charge in [-0.05, 0) is 56.1 Å². The highest BCUT2D eigenvalue weighted by molar-refractivity contribution is 7.90. The summed E-state index contributed by atoms with van der Waals surface area (Å²) in [6, 6.07) is 12.8. The number of hydrogen-bond donors (Lipinski definition) is 1. The fourth-order valence-electron chi connectivity index (χ4n) is 3.53. The van der Waals surface area contributed by atoms with Gasteiger partial charge in [-0.25, -0.2) is 17.4 Å². The van der Waals surface area contributed by atoms with Crippen molar-refractivity contribution in [2.24, 2.45) is 0 Å². The number of rotatable bonds is 4. The third kappa shape index (κ3) is 2.96. The first-order valence-electron chi connectivity index (χ1n) is 8.57. The summed E-state index contributed by atoms with van der Waals surface area (Å²) >= 11 is 0. The number of aromatic nitrogens is 2. The standard InChI is InChI=1S/C19H21N3O2S/c1-14-10-15-11-17(12-16-6-5-9-20-16)22(19(15)21-13-14)25(23,24)18-7-3-2-4-8-18/h2-4,7-8,10-11,13,16,20H,5-6,9,12H2,1H3. The highest BCUT2D eigenvalue weighted by Crippen LogP contribution is 2.27. The first-order chi connectivity index (χ1) is 12.1. The minimum Gasteiger partial charge on any atom is -0.314 e.